The van der Waals surface area contributed by atoms with Crippen LogP contribution in [0.5, 0.6) is 0 Å². The van der Waals surface area contributed by atoms with Gasteiger partial charge in [0.1, 0.15) is 5.82 Å². The van der Waals surface area contributed by atoms with Gasteiger partial charge in [0, 0.05) is 19.7 Å². The zero-order valence-corrected chi connectivity index (χ0v) is 12.2. The zero-order valence-electron chi connectivity index (χ0n) is 12.2. The van der Waals surface area contributed by atoms with Crippen LogP contribution < -0.4 is 16.2 Å². The van der Waals surface area contributed by atoms with Gasteiger partial charge in [-0.25, -0.2) is 10.8 Å². The van der Waals surface area contributed by atoms with E-state index in [-0.39, 0.29) is 10.6 Å². The summed E-state index contributed by atoms with van der Waals surface area (Å²) in [6, 6.07) is 2.97. The van der Waals surface area contributed by atoms with Crippen LogP contribution in [0.15, 0.2) is 12.1 Å². The molecule has 0 amide bonds. The van der Waals surface area contributed by atoms with Crippen molar-refractivity contribution in [2.45, 2.75) is 25.7 Å². The summed E-state index contributed by atoms with van der Waals surface area (Å²) in [7, 11) is 1.88. The summed E-state index contributed by atoms with van der Waals surface area (Å²) >= 11 is 0. The Morgan fingerprint density at radius 2 is 2.29 bits per heavy atom. The SMILES string of the molecule is CN(CC1CC2CCC1C2)c1nc(NN)ccc1[N+](=O)[O-]. The van der Waals surface area contributed by atoms with Crippen molar-refractivity contribution in [2.24, 2.45) is 23.6 Å². The fourth-order valence-electron chi connectivity index (χ4n) is 3.98. The molecule has 2 aliphatic rings. The Bertz CT molecular complexity index is 550. The van der Waals surface area contributed by atoms with Crippen LogP contribution in [0.4, 0.5) is 17.3 Å². The summed E-state index contributed by atoms with van der Waals surface area (Å²) < 4.78 is 0. The first-order chi connectivity index (χ1) is 10.1. The maximum atomic E-state index is 11.2. The molecule has 3 rings (SSSR count). The molecule has 1 aromatic heterocycles. The number of nitrogens with zero attached hydrogens (tertiary/aromatic N) is 3. The molecule has 2 saturated carbocycles. The summed E-state index contributed by atoms with van der Waals surface area (Å²) in [6.45, 7) is 0.822. The maximum Gasteiger partial charge on any atom is 0.311 e. The lowest BCUT2D eigenvalue weighted by Gasteiger charge is -2.27. The average molecular weight is 291 g/mol. The first-order valence-electron chi connectivity index (χ1n) is 7.41. The number of anilines is 2. The van der Waals surface area contributed by atoms with Crippen molar-refractivity contribution < 1.29 is 4.92 Å². The number of nitro groups is 1. The van der Waals surface area contributed by atoms with Crippen molar-refractivity contribution >= 4 is 17.3 Å². The lowest BCUT2D eigenvalue weighted by molar-refractivity contribution is -0.384. The van der Waals surface area contributed by atoms with E-state index in [0.29, 0.717) is 17.6 Å². The van der Waals surface area contributed by atoms with Gasteiger partial charge in [0.05, 0.1) is 4.92 Å². The minimum atomic E-state index is -0.389. The molecule has 1 heterocycles. The fourth-order valence-corrected chi connectivity index (χ4v) is 3.98. The summed E-state index contributed by atoms with van der Waals surface area (Å²) in [5.74, 6) is 8.47. The van der Waals surface area contributed by atoms with Crippen molar-refractivity contribution in [3.63, 3.8) is 0 Å². The molecule has 1 aromatic rings. The number of aromatic nitrogens is 1. The van der Waals surface area contributed by atoms with Gasteiger partial charge in [0.25, 0.3) is 0 Å². The third-order valence-electron chi connectivity index (χ3n) is 4.95. The van der Waals surface area contributed by atoms with Gasteiger partial charge < -0.3 is 10.3 Å². The second-order valence-corrected chi connectivity index (χ2v) is 6.26. The fraction of sp³-hybridized carbons (Fsp3) is 0.643. The summed E-state index contributed by atoms with van der Waals surface area (Å²) in [5.41, 5.74) is 2.48. The van der Waals surface area contributed by atoms with Crippen LogP contribution in [0.1, 0.15) is 25.7 Å². The van der Waals surface area contributed by atoms with Gasteiger partial charge >= 0.3 is 5.69 Å². The van der Waals surface area contributed by atoms with E-state index in [4.69, 9.17) is 5.84 Å². The van der Waals surface area contributed by atoms with E-state index in [9.17, 15) is 10.1 Å². The van der Waals surface area contributed by atoms with E-state index >= 15 is 0 Å². The predicted molar refractivity (Wildman–Crippen MR) is 80.9 cm³/mol. The Balaban J connectivity index is 1.79. The monoisotopic (exact) mass is 291 g/mol. The second-order valence-electron chi connectivity index (χ2n) is 6.26. The molecule has 114 valence electrons. The van der Waals surface area contributed by atoms with E-state index in [1.54, 1.807) is 0 Å². The predicted octanol–water partition coefficient (Wildman–Crippen LogP) is 2.15. The lowest BCUT2D eigenvalue weighted by atomic mass is 9.88. The molecular formula is C14H21N5O2. The zero-order chi connectivity index (χ0) is 15.0. The molecule has 7 heteroatoms. The number of pyridine rings is 1. The molecule has 0 spiro atoms. The molecule has 0 radical (unpaired) electrons. The largest absolute Gasteiger partial charge is 0.354 e. The van der Waals surface area contributed by atoms with Crippen molar-refractivity contribution in [3.8, 4) is 0 Å². The van der Waals surface area contributed by atoms with E-state index < -0.39 is 0 Å². The number of nitrogens with one attached hydrogen (secondary N) is 1. The Kier molecular flexibility index (Phi) is 3.67. The maximum absolute atomic E-state index is 11.2. The first kappa shape index (κ1) is 14.1. The molecule has 21 heavy (non-hydrogen) atoms. The summed E-state index contributed by atoms with van der Waals surface area (Å²) in [6.07, 6.45) is 5.25. The topological polar surface area (TPSA) is 97.3 Å². The molecule has 7 nitrogen and oxygen atoms in total. The normalized spacial score (nSPS) is 26.9. The van der Waals surface area contributed by atoms with Gasteiger partial charge in [-0.15, -0.1) is 0 Å². The molecule has 2 aliphatic carbocycles. The van der Waals surface area contributed by atoms with Crippen LogP contribution in [0, 0.1) is 27.9 Å². The number of hydrogen-bond donors (Lipinski definition) is 2. The smallest absolute Gasteiger partial charge is 0.311 e. The molecule has 0 aliphatic heterocycles. The molecule has 3 atom stereocenters. The number of fused-ring (bicyclic) bond motifs is 2. The third kappa shape index (κ3) is 2.65. The lowest BCUT2D eigenvalue weighted by Crippen LogP contribution is -2.30. The van der Waals surface area contributed by atoms with Gasteiger partial charge in [0.2, 0.25) is 5.82 Å². The van der Waals surface area contributed by atoms with E-state index in [1.165, 1.54) is 37.8 Å². The molecular weight excluding hydrogens is 270 g/mol. The van der Waals surface area contributed by atoms with Gasteiger partial charge in [-0.05, 0) is 43.1 Å². The standard InChI is InChI=1S/C14H21N5O2/c1-18(8-11-7-9-2-3-10(11)6-9)14-12(19(20)21)4-5-13(16-14)17-15/h4-5,9-11H,2-3,6-8,15H2,1H3,(H,16,17). The highest BCUT2D eigenvalue weighted by Gasteiger charge is 2.40. The molecule has 0 saturated heterocycles. The van der Waals surface area contributed by atoms with Crippen LogP contribution in [0.2, 0.25) is 0 Å². The number of hydrazine groups is 1. The van der Waals surface area contributed by atoms with Crippen LogP contribution in [0.3, 0.4) is 0 Å². The van der Waals surface area contributed by atoms with E-state index in [1.807, 2.05) is 11.9 Å². The van der Waals surface area contributed by atoms with Gasteiger partial charge in [-0.3, -0.25) is 10.1 Å². The van der Waals surface area contributed by atoms with E-state index in [0.717, 1.165) is 18.4 Å². The van der Waals surface area contributed by atoms with Crippen molar-refractivity contribution in [1.82, 2.24) is 4.98 Å². The Labute approximate surface area is 123 Å². The van der Waals surface area contributed by atoms with Crippen molar-refractivity contribution in [2.75, 3.05) is 23.9 Å². The Hall–Kier alpha value is -1.89. The number of hydrogen-bond acceptors (Lipinski definition) is 6. The average Bonchev–Trinajstić information content (AvgIpc) is 3.09. The van der Waals surface area contributed by atoms with Crippen LogP contribution in [-0.4, -0.2) is 23.5 Å². The molecule has 2 fully saturated rings. The highest BCUT2D eigenvalue weighted by Crippen LogP contribution is 2.48. The minimum Gasteiger partial charge on any atom is -0.354 e. The Morgan fingerprint density at radius 1 is 1.48 bits per heavy atom. The van der Waals surface area contributed by atoms with Crippen LogP contribution >= 0.6 is 0 Å². The quantitative estimate of drug-likeness (QED) is 0.490. The summed E-state index contributed by atoms with van der Waals surface area (Å²) in [4.78, 5) is 17.0. The van der Waals surface area contributed by atoms with E-state index in [2.05, 4.69) is 10.4 Å². The van der Waals surface area contributed by atoms with Crippen molar-refractivity contribution in [1.29, 1.82) is 0 Å². The number of nitrogen functional groups attached to an aromatic ring is 1. The van der Waals surface area contributed by atoms with Gasteiger partial charge in [-0.1, -0.05) is 6.42 Å². The molecule has 3 unspecified atom stereocenters. The number of rotatable bonds is 5. The molecule has 3 N–H and O–H groups in total. The minimum absolute atomic E-state index is 0.0275. The highest BCUT2D eigenvalue weighted by atomic mass is 16.6. The van der Waals surface area contributed by atoms with Gasteiger partial charge in [0.15, 0.2) is 0 Å². The first-order valence-corrected chi connectivity index (χ1v) is 7.41. The van der Waals surface area contributed by atoms with Crippen LogP contribution in [0.25, 0.3) is 0 Å². The Morgan fingerprint density at radius 3 is 2.86 bits per heavy atom. The van der Waals surface area contributed by atoms with Crippen molar-refractivity contribution in [3.05, 3.63) is 22.2 Å². The third-order valence-corrected chi connectivity index (χ3v) is 4.95. The van der Waals surface area contributed by atoms with Gasteiger partial charge in [-0.2, -0.15) is 0 Å². The van der Waals surface area contributed by atoms with Crippen LogP contribution in [-0.2, 0) is 0 Å². The molecule has 2 bridgehead atoms. The molecule has 0 aromatic carbocycles. The summed E-state index contributed by atoms with van der Waals surface area (Å²) in [5, 5.41) is 11.2. The second kappa shape index (κ2) is 5.48. The highest BCUT2D eigenvalue weighted by molar-refractivity contribution is 5.61. The number of nitrogens with two attached hydrogens (primary N) is 1.